The van der Waals surface area contributed by atoms with Crippen molar-refractivity contribution in [1.82, 2.24) is 15.1 Å². The molecule has 0 aliphatic rings. The molecule has 0 spiro atoms. The molecular formula is C31H25ClN4O4. The molecule has 1 heterocycles. The zero-order valence-electron chi connectivity index (χ0n) is 21.5. The van der Waals surface area contributed by atoms with Crippen molar-refractivity contribution in [3.05, 3.63) is 136 Å². The van der Waals surface area contributed by atoms with Crippen LogP contribution in [0.25, 0.3) is 5.69 Å². The molecule has 0 atom stereocenters. The Morgan fingerprint density at radius 2 is 1.65 bits per heavy atom. The molecule has 40 heavy (non-hydrogen) atoms. The quantitative estimate of drug-likeness (QED) is 0.221. The Hall–Kier alpha value is -5.08. The van der Waals surface area contributed by atoms with E-state index in [0.717, 1.165) is 5.56 Å². The second-order valence-corrected chi connectivity index (χ2v) is 9.17. The average Bonchev–Trinajstić information content (AvgIpc) is 2.99. The van der Waals surface area contributed by atoms with E-state index in [0.29, 0.717) is 40.0 Å². The van der Waals surface area contributed by atoms with E-state index < -0.39 is 5.56 Å². The molecule has 1 aromatic heterocycles. The van der Waals surface area contributed by atoms with E-state index in [9.17, 15) is 9.59 Å². The van der Waals surface area contributed by atoms with Crippen molar-refractivity contribution >= 4 is 28.9 Å². The van der Waals surface area contributed by atoms with Gasteiger partial charge in [0.25, 0.3) is 11.5 Å². The van der Waals surface area contributed by atoms with Crippen LogP contribution in [-0.2, 0) is 6.54 Å². The fourth-order valence-corrected chi connectivity index (χ4v) is 4.14. The van der Waals surface area contributed by atoms with Crippen molar-refractivity contribution in [2.75, 3.05) is 12.4 Å². The number of nitrogens with one attached hydrogen (secondary N) is 2. The number of carbonyl (C=O) groups is 1. The van der Waals surface area contributed by atoms with Gasteiger partial charge < -0.3 is 20.1 Å². The summed E-state index contributed by atoms with van der Waals surface area (Å²) >= 11 is 6.16. The molecule has 0 aliphatic carbocycles. The van der Waals surface area contributed by atoms with Crippen LogP contribution in [-0.4, -0.2) is 22.8 Å². The number of methoxy groups -OCH3 is 1. The normalized spacial score (nSPS) is 10.6. The van der Waals surface area contributed by atoms with Gasteiger partial charge in [0.2, 0.25) is 0 Å². The van der Waals surface area contributed by atoms with E-state index in [1.54, 1.807) is 79.9 Å². The summed E-state index contributed by atoms with van der Waals surface area (Å²) in [5.74, 6) is 1.11. The SMILES string of the molecule is COc1ccc(Oc2cnn(-c3cccc(Cl)c3)c(=O)c2Nc2cccc(C(=O)NCc3ccccc3)c2)cc1. The highest BCUT2D eigenvalue weighted by Crippen LogP contribution is 2.30. The van der Waals surface area contributed by atoms with Gasteiger partial charge in [-0.15, -0.1) is 0 Å². The molecule has 4 aromatic carbocycles. The molecule has 0 radical (unpaired) electrons. The zero-order valence-corrected chi connectivity index (χ0v) is 22.3. The van der Waals surface area contributed by atoms with Crippen LogP contribution in [0.5, 0.6) is 17.2 Å². The number of carbonyl (C=O) groups excluding carboxylic acids is 1. The number of amides is 1. The van der Waals surface area contributed by atoms with Gasteiger partial charge in [0.15, 0.2) is 11.4 Å². The third-order valence-electron chi connectivity index (χ3n) is 5.97. The molecule has 0 saturated carbocycles. The highest BCUT2D eigenvalue weighted by Gasteiger charge is 2.17. The lowest BCUT2D eigenvalue weighted by molar-refractivity contribution is 0.0951. The maximum atomic E-state index is 13.7. The van der Waals surface area contributed by atoms with E-state index >= 15 is 0 Å². The minimum atomic E-state index is -0.466. The molecule has 200 valence electrons. The Balaban J connectivity index is 1.46. The van der Waals surface area contributed by atoms with Gasteiger partial charge in [0, 0.05) is 22.8 Å². The molecule has 0 saturated heterocycles. The number of nitrogens with zero attached hydrogens (tertiary/aromatic N) is 2. The largest absolute Gasteiger partial charge is 0.497 e. The van der Waals surface area contributed by atoms with Gasteiger partial charge in [-0.1, -0.05) is 54.1 Å². The third-order valence-corrected chi connectivity index (χ3v) is 6.21. The number of anilines is 2. The van der Waals surface area contributed by atoms with E-state index in [4.69, 9.17) is 21.1 Å². The zero-order chi connectivity index (χ0) is 27.9. The number of benzene rings is 4. The van der Waals surface area contributed by atoms with Gasteiger partial charge in [-0.3, -0.25) is 9.59 Å². The summed E-state index contributed by atoms with van der Waals surface area (Å²) < 4.78 is 12.5. The Bertz CT molecular complexity index is 1690. The standard InChI is InChI=1S/C31H25ClN4O4/c1-39-26-13-15-27(16-14-26)40-28-20-34-36(25-12-6-10-23(32)18-25)31(38)29(28)35-24-11-5-9-22(17-24)30(37)33-19-21-7-3-2-4-8-21/h2-18,20,35H,19H2,1H3,(H,33,37). The molecule has 0 aliphatic heterocycles. The molecule has 0 fully saturated rings. The molecule has 8 nitrogen and oxygen atoms in total. The van der Waals surface area contributed by atoms with Crippen LogP contribution >= 0.6 is 11.6 Å². The minimum absolute atomic E-state index is 0.132. The van der Waals surface area contributed by atoms with Crippen LogP contribution in [0, 0.1) is 0 Å². The molecule has 2 N–H and O–H groups in total. The summed E-state index contributed by atoms with van der Waals surface area (Å²) in [7, 11) is 1.58. The Morgan fingerprint density at radius 3 is 2.40 bits per heavy atom. The van der Waals surface area contributed by atoms with Crippen LogP contribution in [0.4, 0.5) is 11.4 Å². The first-order valence-electron chi connectivity index (χ1n) is 12.4. The fourth-order valence-electron chi connectivity index (χ4n) is 3.96. The van der Waals surface area contributed by atoms with Crippen molar-refractivity contribution in [2.24, 2.45) is 0 Å². The van der Waals surface area contributed by atoms with Crippen LogP contribution in [0.2, 0.25) is 5.02 Å². The van der Waals surface area contributed by atoms with Crippen molar-refractivity contribution in [1.29, 1.82) is 0 Å². The lowest BCUT2D eigenvalue weighted by Crippen LogP contribution is -2.24. The molecular weight excluding hydrogens is 528 g/mol. The second kappa shape index (κ2) is 12.2. The number of hydrogen-bond donors (Lipinski definition) is 2. The van der Waals surface area contributed by atoms with Crippen LogP contribution < -0.4 is 25.7 Å². The summed E-state index contributed by atoms with van der Waals surface area (Å²) in [5.41, 5.74) is 2.10. The molecule has 1 amide bonds. The maximum absolute atomic E-state index is 13.7. The molecule has 5 rings (SSSR count). The number of hydrogen-bond acceptors (Lipinski definition) is 6. The van der Waals surface area contributed by atoms with Gasteiger partial charge in [0.05, 0.1) is 19.0 Å². The number of halogens is 1. The Morgan fingerprint density at radius 1 is 0.900 bits per heavy atom. The monoisotopic (exact) mass is 552 g/mol. The van der Waals surface area contributed by atoms with E-state index in [-0.39, 0.29) is 17.3 Å². The van der Waals surface area contributed by atoms with Gasteiger partial charge in [-0.2, -0.15) is 9.78 Å². The van der Waals surface area contributed by atoms with Crippen molar-refractivity contribution < 1.29 is 14.3 Å². The first-order valence-corrected chi connectivity index (χ1v) is 12.8. The van der Waals surface area contributed by atoms with E-state index in [1.807, 2.05) is 30.3 Å². The number of ether oxygens (including phenoxy) is 2. The summed E-state index contributed by atoms with van der Waals surface area (Å²) in [5, 5.41) is 10.8. The highest BCUT2D eigenvalue weighted by atomic mass is 35.5. The van der Waals surface area contributed by atoms with Crippen LogP contribution in [0.15, 0.2) is 114 Å². The fraction of sp³-hybridized carbons (Fsp3) is 0.0645. The van der Waals surface area contributed by atoms with Gasteiger partial charge in [-0.25, -0.2) is 0 Å². The first-order chi connectivity index (χ1) is 19.5. The smallest absolute Gasteiger partial charge is 0.299 e. The molecule has 5 aromatic rings. The van der Waals surface area contributed by atoms with E-state index in [1.165, 1.54) is 10.9 Å². The summed E-state index contributed by atoms with van der Waals surface area (Å²) in [6.45, 7) is 0.395. The van der Waals surface area contributed by atoms with Gasteiger partial charge in [-0.05, 0) is 66.2 Å². The lowest BCUT2D eigenvalue weighted by Gasteiger charge is -2.15. The van der Waals surface area contributed by atoms with Crippen molar-refractivity contribution in [2.45, 2.75) is 6.54 Å². The molecule has 9 heteroatoms. The summed E-state index contributed by atoms with van der Waals surface area (Å²) in [6.07, 6.45) is 1.45. The number of rotatable bonds is 9. The predicted molar refractivity (Wildman–Crippen MR) is 155 cm³/mol. The maximum Gasteiger partial charge on any atom is 0.299 e. The second-order valence-electron chi connectivity index (χ2n) is 8.73. The summed E-state index contributed by atoms with van der Waals surface area (Å²) in [6, 6.07) is 30.3. The highest BCUT2D eigenvalue weighted by molar-refractivity contribution is 6.30. The van der Waals surface area contributed by atoms with Crippen molar-refractivity contribution in [3.8, 4) is 22.9 Å². The van der Waals surface area contributed by atoms with E-state index in [2.05, 4.69) is 15.7 Å². The van der Waals surface area contributed by atoms with Gasteiger partial charge in [0.1, 0.15) is 11.5 Å². The lowest BCUT2D eigenvalue weighted by atomic mass is 10.1. The molecule has 0 bridgehead atoms. The first kappa shape index (κ1) is 26.5. The third kappa shape index (κ3) is 6.31. The van der Waals surface area contributed by atoms with Gasteiger partial charge >= 0.3 is 0 Å². The minimum Gasteiger partial charge on any atom is -0.497 e. The van der Waals surface area contributed by atoms with Crippen LogP contribution in [0.1, 0.15) is 15.9 Å². The Kier molecular flexibility index (Phi) is 8.08. The predicted octanol–water partition coefficient (Wildman–Crippen LogP) is 6.36. The number of aromatic nitrogens is 2. The average molecular weight is 553 g/mol. The molecule has 0 unspecified atom stereocenters. The summed E-state index contributed by atoms with van der Waals surface area (Å²) in [4.78, 5) is 26.5. The Labute approximate surface area is 235 Å². The topological polar surface area (TPSA) is 94.5 Å². The van der Waals surface area contributed by atoms with Crippen molar-refractivity contribution in [3.63, 3.8) is 0 Å². The van der Waals surface area contributed by atoms with Crippen LogP contribution in [0.3, 0.4) is 0 Å².